The van der Waals surface area contributed by atoms with E-state index in [1.54, 1.807) is 6.92 Å². The van der Waals surface area contributed by atoms with Gasteiger partial charge in [-0.15, -0.1) is 0 Å². The van der Waals surface area contributed by atoms with E-state index in [9.17, 15) is 12.8 Å². The van der Waals surface area contributed by atoms with Gasteiger partial charge in [0.1, 0.15) is 5.82 Å². The molecule has 0 amide bonds. The fourth-order valence-electron chi connectivity index (χ4n) is 1.62. The van der Waals surface area contributed by atoms with E-state index < -0.39 is 15.8 Å². The van der Waals surface area contributed by atoms with E-state index in [2.05, 4.69) is 4.72 Å². The van der Waals surface area contributed by atoms with Crippen molar-refractivity contribution in [3.05, 3.63) is 29.6 Å². The molecule has 0 aliphatic rings. The summed E-state index contributed by atoms with van der Waals surface area (Å²) < 4.78 is 39.8. The number of nitrogens with one attached hydrogen (secondary N) is 1. The Bertz CT molecular complexity index is 541. The first-order valence-electron chi connectivity index (χ1n) is 6.05. The summed E-state index contributed by atoms with van der Waals surface area (Å²) in [6.07, 6.45) is 0.484. The molecule has 4 nitrogen and oxygen atoms in total. The first-order chi connectivity index (χ1) is 8.68. The van der Waals surface area contributed by atoms with Crippen LogP contribution in [-0.4, -0.2) is 26.7 Å². The van der Waals surface area contributed by atoms with E-state index in [1.807, 2.05) is 13.8 Å². The molecule has 0 unspecified atom stereocenters. The molecule has 0 aromatic heterocycles. The van der Waals surface area contributed by atoms with E-state index in [4.69, 9.17) is 5.11 Å². The highest BCUT2D eigenvalue weighted by Crippen LogP contribution is 2.21. The molecule has 1 aromatic rings. The number of hydrogen-bond acceptors (Lipinski definition) is 3. The van der Waals surface area contributed by atoms with Crippen LogP contribution in [0.1, 0.15) is 25.8 Å². The van der Waals surface area contributed by atoms with Crippen molar-refractivity contribution in [2.75, 3.05) is 13.2 Å². The van der Waals surface area contributed by atoms with Gasteiger partial charge in [0.2, 0.25) is 10.0 Å². The summed E-state index contributed by atoms with van der Waals surface area (Å²) in [5, 5.41) is 8.90. The minimum atomic E-state index is -3.74. The third kappa shape index (κ3) is 4.56. The Balaban J connectivity index is 2.90. The van der Waals surface area contributed by atoms with Gasteiger partial charge in [0.25, 0.3) is 0 Å². The van der Waals surface area contributed by atoms with Gasteiger partial charge in [0.05, 0.1) is 4.90 Å². The van der Waals surface area contributed by atoms with E-state index >= 15 is 0 Å². The van der Waals surface area contributed by atoms with Crippen molar-refractivity contribution in [1.82, 2.24) is 4.72 Å². The molecule has 0 saturated carbocycles. The smallest absolute Gasteiger partial charge is 0.240 e. The minimum Gasteiger partial charge on any atom is -0.396 e. The van der Waals surface area contributed by atoms with Crippen LogP contribution >= 0.6 is 0 Å². The van der Waals surface area contributed by atoms with Crippen LogP contribution in [0.4, 0.5) is 4.39 Å². The predicted molar refractivity (Wildman–Crippen MR) is 71.8 cm³/mol. The Labute approximate surface area is 113 Å². The third-order valence-electron chi connectivity index (χ3n) is 2.97. The van der Waals surface area contributed by atoms with Gasteiger partial charge in [-0.3, -0.25) is 0 Å². The van der Waals surface area contributed by atoms with Gasteiger partial charge in [-0.1, -0.05) is 19.9 Å². The minimum absolute atomic E-state index is 0.00623. The van der Waals surface area contributed by atoms with Crippen LogP contribution in [0.3, 0.4) is 0 Å². The Kier molecular flexibility index (Phi) is 5.06. The highest BCUT2D eigenvalue weighted by molar-refractivity contribution is 7.89. The van der Waals surface area contributed by atoms with Gasteiger partial charge in [-0.2, -0.15) is 0 Å². The molecular weight excluding hydrogens is 269 g/mol. The molecule has 108 valence electrons. The summed E-state index contributed by atoms with van der Waals surface area (Å²) in [6, 6.07) is 3.67. The van der Waals surface area contributed by atoms with E-state index in [0.717, 1.165) is 6.07 Å². The van der Waals surface area contributed by atoms with Gasteiger partial charge in [-0.05, 0) is 36.5 Å². The summed E-state index contributed by atoms with van der Waals surface area (Å²) in [4.78, 5) is -0.0488. The number of sulfonamides is 1. The summed E-state index contributed by atoms with van der Waals surface area (Å²) in [5.41, 5.74) is 0.136. The lowest BCUT2D eigenvalue weighted by Crippen LogP contribution is -2.34. The molecule has 19 heavy (non-hydrogen) atoms. The van der Waals surface area contributed by atoms with Gasteiger partial charge >= 0.3 is 0 Å². The van der Waals surface area contributed by atoms with Crippen molar-refractivity contribution in [3.8, 4) is 0 Å². The average Bonchev–Trinajstić information content (AvgIpc) is 2.30. The van der Waals surface area contributed by atoms with Gasteiger partial charge in [-0.25, -0.2) is 17.5 Å². The fraction of sp³-hybridized carbons (Fsp3) is 0.538. The molecule has 0 heterocycles. The molecule has 0 radical (unpaired) electrons. The van der Waals surface area contributed by atoms with Crippen molar-refractivity contribution in [2.24, 2.45) is 5.41 Å². The van der Waals surface area contributed by atoms with Crippen LogP contribution in [0.2, 0.25) is 0 Å². The second kappa shape index (κ2) is 5.98. The standard InChI is InChI=1S/C13H20FNO3S/c1-10-4-5-11(14)8-12(10)19(17,18)15-9-13(2,3)6-7-16/h4-5,8,15-16H,6-7,9H2,1-3H3. The predicted octanol–water partition coefficient (Wildman–Crippen LogP) is 1.82. The van der Waals surface area contributed by atoms with E-state index in [0.29, 0.717) is 12.0 Å². The lowest BCUT2D eigenvalue weighted by molar-refractivity contribution is 0.213. The second-order valence-corrected chi connectivity index (χ2v) is 7.11. The number of aliphatic hydroxyl groups excluding tert-OH is 1. The van der Waals surface area contributed by atoms with Gasteiger partial charge in [0.15, 0.2) is 0 Å². The summed E-state index contributed by atoms with van der Waals surface area (Å²) >= 11 is 0. The molecule has 0 aliphatic heterocycles. The van der Waals surface area contributed by atoms with Crippen LogP contribution in [0, 0.1) is 18.2 Å². The largest absolute Gasteiger partial charge is 0.396 e. The summed E-state index contributed by atoms with van der Waals surface area (Å²) in [6.45, 7) is 5.50. The molecule has 0 atom stereocenters. The first kappa shape index (κ1) is 16.1. The molecule has 1 aromatic carbocycles. The Morgan fingerprint density at radius 1 is 1.37 bits per heavy atom. The average molecular weight is 289 g/mol. The lowest BCUT2D eigenvalue weighted by Gasteiger charge is -2.24. The second-order valence-electron chi connectivity index (χ2n) is 5.37. The Morgan fingerprint density at radius 3 is 2.58 bits per heavy atom. The fourth-order valence-corrected chi connectivity index (χ4v) is 3.12. The molecule has 0 fully saturated rings. The highest BCUT2D eigenvalue weighted by Gasteiger charge is 2.23. The Morgan fingerprint density at radius 2 is 2.00 bits per heavy atom. The van der Waals surface area contributed by atoms with Crippen LogP contribution in [0.25, 0.3) is 0 Å². The molecule has 0 aliphatic carbocycles. The topological polar surface area (TPSA) is 66.4 Å². The number of benzene rings is 1. The van der Waals surface area contributed by atoms with Crippen molar-refractivity contribution in [2.45, 2.75) is 32.1 Å². The summed E-state index contributed by atoms with van der Waals surface area (Å²) in [7, 11) is -3.74. The zero-order valence-corrected chi connectivity index (χ0v) is 12.2. The van der Waals surface area contributed by atoms with Gasteiger partial charge < -0.3 is 5.11 Å². The number of aryl methyl sites for hydroxylation is 1. The zero-order chi connectivity index (χ0) is 14.7. The van der Waals surface area contributed by atoms with Gasteiger partial charge in [0, 0.05) is 13.2 Å². The molecule has 0 saturated heterocycles. The maximum Gasteiger partial charge on any atom is 0.240 e. The van der Waals surface area contributed by atoms with Crippen LogP contribution < -0.4 is 4.72 Å². The SMILES string of the molecule is Cc1ccc(F)cc1S(=O)(=O)NCC(C)(C)CCO. The van der Waals surface area contributed by atoms with Crippen molar-refractivity contribution >= 4 is 10.0 Å². The molecule has 1 rings (SSSR count). The van der Waals surface area contributed by atoms with Crippen LogP contribution in [0.5, 0.6) is 0 Å². The molecule has 0 spiro atoms. The van der Waals surface area contributed by atoms with Crippen molar-refractivity contribution in [3.63, 3.8) is 0 Å². The molecule has 0 bridgehead atoms. The highest BCUT2D eigenvalue weighted by atomic mass is 32.2. The summed E-state index contributed by atoms with van der Waals surface area (Å²) in [5.74, 6) is -0.583. The monoisotopic (exact) mass is 289 g/mol. The van der Waals surface area contributed by atoms with Crippen LogP contribution in [0.15, 0.2) is 23.1 Å². The lowest BCUT2D eigenvalue weighted by atomic mass is 9.90. The number of rotatable bonds is 6. The van der Waals surface area contributed by atoms with E-state index in [-0.39, 0.29) is 23.5 Å². The zero-order valence-electron chi connectivity index (χ0n) is 11.4. The number of aliphatic hydroxyl groups is 1. The first-order valence-corrected chi connectivity index (χ1v) is 7.53. The maximum atomic E-state index is 13.1. The number of halogens is 1. The quantitative estimate of drug-likeness (QED) is 0.839. The van der Waals surface area contributed by atoms with Crippen LogP contribution in [-0.2, 0) is 10.0 Å². The number of hydrogen-bond donors (Lipinski definition) is 2. The van der Waals surface area contributed by atoms with E-state index in [1.165, 1.54) is 12.1 Å². The Hall–Kier alpha value is -0.980. The molecule has 6 heteroatoms. The molecule has 2 N–H and O–H groups in total. The van der Waals surface area contributed by atoms with Crippen molar-refractivity contribution in [1.29, 1.82) is 0 Å². The maximum absolute atomic E-state index is 13.1. The normalized spacial score (nSPS) is 12.7. The molecular formula is C13H20FNO3S. The van der Waals surface area contributed by atoms with Crippen molar-refractivity contribution < 1.29 is 17.9 Å². The third-order valence-corrected chi connectivity index (χ3v) is 4.51.